The molecule has 5 heteroatoms. The standard InChI is InChI=1S/C26H16O4S/c1-3-5-17-7-11-21-19(15-17)9-13-23-25(21)26-22-12-8-18(6-4-2)16-20(22)10-14-24(26)30-31(27,28)29-23/h7-16H,1-2H3. The molecule has 0 saturated heterocycles. The molecule has 1 aliphatic heterocycles. The van der Waals surface area contributed by atoms with Crippen LogP contribution in [0.3, 0.4) is 0 Å². The fourth-order valence-electron chi connectivity index (χ4n) is 3.96. The second-order valence-corrected chi connectivity index (χ2v) is 8.22. The molecule has 1 heterocycles. The molecule has 0 saturated carbocycles. The average Bonchev–Trinajstić information content (AvgIpc) is 2.86. The Kier molecular flexibility index (Phi) is 4.36. The minimum atomic E-state index is -4.26. The average molecular weight is 424 g/mol. The summed E-state index contributed by atoms with van der Waals surface area (Å²) in [6.45, 7) is 3.58. The van der Waals surface area contributed by atoms with E-state index in [1.807, 2.05) is 48.5 Å². The van der Waals surface area contributed by atoms with Gasteiger partial charge in [-0.1, -0.05) is 36.1 Å². The SMILES string of the molecule is CC#Cc1ccc2c3c(ccc2c1)OS(=O)(=O)Oc1ccc2cc(C#CC)ccc2c1-3. The third-order valence-electron chi connectivity index (χ3n) is 5.14. The highest BCUT2D eigenvalue weighted by Gasteiger charge is 2.29. The highest BCUT2D eigenvalue weighted by atomic mass is 32.3. The topological polar surface area (TPSA) is 52.6 Å². The minimum Gasteiger partial charge on any atom is -0.352 e. The van der Waals surface area contributed by atoms with Gasteiger partial charge in [-0.3, -0.25) is 0 Å². The largest absolute Gasteiger partial charge is 0.501 e. The lowest BCUT2D eigenvalue weighted by atomic mass is 9.91. The predicted molar refractivity (Wildman–Crippen MR) is 122 cm³/mol. The van der Waals surface area contributed by atoms with Gasteiger partial charge in [0.15, 0.2) is 11.5 Å². The van der Waals surface area contributed by atoms with Crippen LogP contribution in [0.1, 0.15) is 25.0 Å². The molecule has 0 bridgehead atoms. The zero-order chi connectivity index (χ0) is 21.6. The Bertz CT molecular complexity index is 1510. The Morgan fingerprint density at radius 2 is 1.10 bits per heavy atom. The molecular formula is C26H16O4S. The smallest absolute Gasteiger partial charge is 0.352 e. The summed E-state index contributed by atoms with van der Waals surface area (Å²) in [5.41, 5.74) is 3.11. The van der Waals surface area contributed by atoms with E-state index in [0.29, 0.717) is 11.1 Å². The van der Waals surface area contributed by atoms with Crippen molar-refractivity contribution in [1.82, 2.24) is 0 Å². The van der Waals surface area contributed by atoms with Gasteiger partial charge in [-0.25, -0.2) is 0 Å². The van der Waals surface area contributed by atoms with Crippen molar-refractivity contribution in [3.63, 3.8) is 0 Å². The molecule has 4 aromatic carbocycles. The third kappa shape index (κ3) is 3.26. The summed E-state index contributed by atoms with van der Waals surface area (Å²) in [7, 11) is -4.26. The van der Waals surface area contributed by atoms with E-state index in [9.17, 15) is 8.42 Å². The summed E-state index contributed by atoms with van der Waals surface area (Å²) in [5.74, 6) is 12.4. The lowest BCUT2D eigenvalue weighted by molar-refractivity contribution is 0.398. The molecule has 0 aliphatic carbocycles. The molecule has 0 atom stereocenters. The molecule has 31 heavy (non-hydrogen) atoms. The predicted octanol–water partition coefficient (Wildman–Crippen LogP) is 5.42. The first-order chi connectivity index (χ1) is 15.0. The van der Waals surface area contributed by atoms with Crippen molar-refractivity contribution in [1.29, 1.82) is 0 Å². The number of hydrogen-bond acceptors (Lipinski definition) is 4. The number of rotatable bonds is 0. The summed E-state index contributed by atoms with van der Waals surface area (Å²) in [6.07, 6.45) is 0. The Hall–Kier alpha value is -3.93. The fourth-order valence-corrected chi connectivity index (χ4v) is 4.71. The molecule has 4 nitrogen and oxygen atoms in total. The zero-order valence-corrected chi connectivity index (χ0v) is 17.6. The van der Waals surface area contributed by atoms with E-state index in [1.54, 1.807) is 26.0 Å². The monoisotopic (exact) mass is 424 g/mol. The molecule has 150 valence electrons. The molecular weight excluding hydrogens is 408 g/mol. The highest BCUT2D eigenvalue weighted by molar-refractivity contribution is 7.82. The summed E-state index contributed by atoms with van der Waals surface area (Å²) in [5, 5.41) is 3.56. The van der Waals surface area contributed by atoms with E-state index in [-0.39, 0.29) is 11.5 Å². The first-order valence-electron chi connectivity index (χ1n) is 9.62. The van der Waals surface area contributed by atoms with Gasteiger partial charge in [0.05, 0.1) is 0 Å². The van der Waals surface area contributed by atoms with Crippen molar-refractivity contribution in [2.24, 2.45) is 0 Å². The molecule has 4 aromatic rings. The lowest BCUT2D eigenvalue weighted by Crippen LogP contribution is -2.15. The molecule has 0 aromatic heterocycles. The summed E-state index contributed by atoms with van der Waals surface area (Å²) >= 11 is 0. The van der Waals surface area contributed by atoms with Crippen LogP contribution in [-0.4, -0.2) is 8.42 Å². The van der Waals surface area contributed by atoms with Gasteiger partial charge in [0.2, 0.25) is 0 Å². The molecule has 1 aliphatic rings. The summed E-state index contributed by atoms with van der Waals surface area (Å²) in [4.78, 5) is 0. The van der Waals surface area contributed by atoms with Crippen LogP contribution in [0.2, 0.25) is 0 Å². The molecule has 0 radical (unpaired) electrons. The van der Waals surface area contributed by atoms with E-state index < -0.39 is 10.4 Å². The lowest BCUT2D eigenvalue weighted by Gasteiger charge is -2.13. The van der Waals surface area contributed by atoms with E-state index in [1.165, 1.54) is 0 Å². The van der Waals surface area contributed by atoms with Crippen LogP contribution < -0.4 is 8.37 Å². The van der Waals surface area contributed by atoms with Crippen molar-refractivity contribution in [3.05, 3.63) is 71.8 Å². The normalized spacial score (nSPS) is 13.4. The van der Waals surface area contributed by atoms with Crippen LogP contribution in [0.25, 0.3) is 32.7 Å². The molecule has 0 spiro atoms. The Morgan fingerprint density at radius 1 is 0.645 bits per heavy atom. The van der Waals surface area contributed by atoms with Crippen LogP contribution in [0.5, 0.6) is 11.5 Å². The van der Waals surface area contributed by atoms with Crippen LogP contribution in [-0.2, 0) is 10.4 Å². The van der Waals surface area contributed by atoms with Crippen LogP contribution in [0.15, 0.2) is 60.7 Å². The van der Waals surface area contributed by atoms with Crippen LogP contribution in [0, 0.1) is 23.7 Å². The highest BCUT2D eigenvalue weighted by Crippen LogP contribution is 2.48. The Balaban J connectivity index is 1.92. The minimum absolute atomic E-state index is 0.227. The third-order valence-corrected chi connectivity index (χ3v) is 5.90. The second-order valence-electron chi connectivity index (χ2n) is 7.07. The van der Waals surface area contributed by atoms with Gasteiger partial charge in [-0.05, 0) is 71.8 Å². The van der Waals surface area contributed by atoms with Gasteiger partial charge in [-0.15, -0.1) is 20.3 Å². The van der Waals surface area contributed by atoms with E-state index in [0.717, 1.165) is 32.7 Å². The van der Waals surface area contributed by atoms with Crippen LogP contribution >= 0.6 is 0 Å². The van der Waals surface area contributed by atoms with Crippen LogP contribution in [0.4, 0.5) is 0 Å². The van der Waals surface area contributed by atoms with E-state index in [4.69, 9.17) is 8.37 Å². The van der Waals surface area contributed by atoms with Gasteiger partial charge in [0.1, 0.15) is 0 Å². The summed E-state index contributed by atoms with van der Waals surface area (Å²) in [6, 6.07) is 18.6. The number of fused-ring (bicyclic) bond motifs is 7. The van der Waals surface area contributed by atoms with Crippen molar-refractivity contribution in [2.45, 2.75) is 13.8 Å². The van der Waals surface area contributed by atoms with Crippen molar-refractivity contribution < 1.29 is 16.8 Å². The zero-order valence-electron chi connectivity index (χ0n) is 16.8. The van der Waals surface area contributed by atoms with Gasteiger partial charge in [0, 0.05) is 22.3 Å². The Labute approximate surface area is 180 Å². The second kappa shape index (κ2) is 7.09. The molecule has 0 N–H and O–H groups in total. The quantitative estimate of drug-likeness (QED) is 0.354. The van der Waals surface area contributed by atoms with E-state index in [2.05, 4.69) is 23.7 Å². The first kappa shape index (κ1) is 19.1. The molecule has 0 amide bonds. The van der Waals surface area contributed by atoms with Crippen molar-refractivity contribution >= 4 is 31.9 Å². The van der Waals surface area contributed by atoms with Gasteiger partial charge < -0.3 is 8.37 Å². The summed E-state index contributed by atoms with van der Waals surface area (Å²) < 4.78 is 35.6. The number of hydrogen-bond donors (Lipinski definition) is 0. The molecule has 0 fully saturated rings. The van der Waals surface area contributed by atoms with E-state index >= 15 is 0 Å². The maximum Gasteiger partial charge on any atom is 0.501 e. The Morgan fingerprint density at radius 3 is 1.52 bits per heavy atom. The first-order valence-corrected chi connectivity index (χ1v) is 11.0. The van der Waals surface area contributed by atoms with Gasteiger partial charge in [-0.2, -0.15) is 0 Å². The van der Waals surface area contributed by atoms with Gasteiger partial charge in [0.25, 0.3) is 0 Å². The fraction of sp³-hybridized carbons (Fsp3) is 0.0769. The van der Waals surface area contributed by atoms with Crippen molar-refractivity contribution in [3.8, 4) is 46.3 Å². The molecule has 5 rings (SSSR count). The maximum absolute atomic E-state index is 12.5. The number of benzene rings is 4. The van der Waals surface area contributed by atoms with Gasteiger partial charge >= 0.3 is 10.4 Å². The maximum atomic E-state index is 12.5. The molecule has 0 unspecified atom stereocenters. The van der Waals surface area contributed by atoms with Crippen molar-refractivity contribution in [2.75, 3.05) is 0 Å².